The second kappa shape index (κ2) is 9.16. The summed E-state index contributed by atoms with van der Waals surface area (Å²) in [4.78, 5) is 18.8. The SMILES string of the molecule is CC(C)[C@H]1COC(C(Cc2cccnc2)(Cc2cccnc2)C2=N[C@@H](C(C)C)CO2)=N1. The molecule has 2 aliphatic rings. The summed E-state index contributed by atoms with van der Waals surface area (Å²) in [5, 5.41) is 0. The van der Waals surface area contributed by atoms with Crippen LogP contribution in [0.5, 0.6) is 0 Å². The predicted octanol–water partition coefficient (Wildman–Crippen LogP) is 4.15. The molecule has 164 valence electrons. The Morgan fingerprint density at radius 1 is 0.806 bits per heavy atom. The van der Waals surface area contributed by atoms with E-state index in [2.05, 4.69) is 49.8 Å². The van der Waals surface area contributed by atoms with Crippen molar-refractivity contribution in [2.24, 2.45) is 27.2 Å². The average molecular weight is 421 g/mol. The molecule has 0 saturated carbocycles. The van der Waals surface area contributed by atoms with Crippen molar-refractivity contribution >= 4 is 11.8 Å². The van der Waals surface area contributed by atoms with Gasteiger partial charge in [0.15, 0.2) is 11.8 Å². The van der Waals surface area contributed by atoms with Crippen molar-refractivity contribution in [2.45, 2.75) is 52.6 Å². The summed E-state index contributed by atoms with van der Waals surface area (Å²) >= 11 is 0. The zero-order valence-corrected chi connectivity index (χ0v) is 18.9. The number of hydrogen-bond acceptors (Lipinski definition) is 6. The molecule has 2 aromatic rings. The van der Waals surface area contributed by atoms with E-state index in [0.29, 0.717) is 37.9 Å². The van der Waals surface area contributed by atoms with Crippen molar-refractivity contribution in [2.75, 3.05) is 13.2 Å². The second-order valence-electron chi connectivity index (χ2n) is 9.27. The third-order valence-electron chi connectivity index (χ3n) is 6.16. The Morgan fingerprint density at radius 2 is 1.26 bits per heavy atom. The van der Waals surface area contributed by atoms with Gasteiger partial charge in [-0.15, -0.1) is 0 Å². The molecular weight excluding hydrogens is 388 g/mol. The number of aromatic nitrogens is 2. The number of aliphatic imine (C=N–C) groups is 2. The van der Waals surface area contributed by atoms with Crippen molar-refractivity contribution in [1.29, 1.82) is 0 Å². The van der Waals surface area contributed by atoms with E-state index in [9.17, 15) is 0 Å². The van der Waals surface area contributed by atoms with Crippen molar-refractivity contribution in [3.05, 3.63) is 60.2 Å². The first-order valence-electron chi connectivity index (χ1n) is 11.2. The van der Waals surface area contributed by atoms with Crippen LogP contribution >= 0.6 is 0 Å². The highest BCUT2D eigenvalue weighted by molar-refractivity contribution is 6.06. The molecule has 0 saturated heterocycles. The molecule has 6 nitrogen and oxygen atoms in total. The minimum atomic E-state index is -0.626. The van der Waals surface area contributed by atoms with E-state index in [4.69, 9.17) is 19.5 Å². The number of hydrogen-bond donors (Lipinski definition) is 0. The molecule has 4 rings (SSSR count). The predicted molar refractivity (Wildman–Crippen MR) is 122 cm³/mol. The zero-order chi connectivity index (χ0) is 21.8. The Bertz CT molecular complexity index is 848. The largest absolute Gasteiger partial charge is 0.478 e. The Labute approximate surface area is 184 Å². The van der Waals surface area contributed by atoms with E-state index in [0.717, 1.165) is 22.9 Å². The van der Waals surface area contributed by atoms with Gasteiger partial charge in [0, 0.05) is 24.8 Å². The van der Waals surface area contributed by atoms with E-state index in [1.54, 1.807) is 12.4 Å². The van der Waals surface area contributed by atoms with Crippen molar-refractivity contribution in [3.63, 3.8) is 0 Å². The van der Waals surface area contributed by atoms with Crippen LogP contribution in [0.4, 0.5) is 0 Å². The van der Waals surface area contributed by atoms with Crippen molar-refractivity contribution in [3.8, 4) is 0 Å². The smallest absolute Gasteiger partial charge is 0.200 e. The lowest BCUT2D eigenvalue weighted by molar-refractivity contribution is 0.236. The highest BCUT2D eigenvalue weighted by Crippen LogP contribution is 2.38. The van der Waals surface area contributed by atoms with E-state index < -0.39 is 5.41 Å². The maximum Gasteiger partial charge on any atom is 0.200 e. The van der Waals surface area contributed by atoms with Gasteiger partial charge in [-0.1, -0.05) is 39.8 Å². The lowest BCUT2D eigenvalue weighted by atomic mass is 9.76. The summed E-state index contributed by atoms with van der Waals surface area (Å²) in [5.74, 6) is 2.26. The van der Waals surface area contributed by atoms with Gasteiger partial charge in [-0.05, 0) is 47.9 Å². The van der Waals surface area contributed by atoms with Gasteiger partial charge >= 0.3 is 0 Å². The summed E-state index contributed by atoms with van der Waals surface area (Å²) in [6.45, 7) is 9.92. The van der Waals surface area contributed by atoms with Crippen LogP contribution in [0.3, 0.4) is 0 Å². The highest BCUT2D eigenvalue weighted by Gasteiger charge is 2.49. The summed E-state index contributed by atoms with van der Waals surface area (Å²) in [7, 11) is 0. The summed E-state index contributed by atoms with van der Waals surface area (Å²) < 4.78 is 12.6. The molecule has 31 heavy (non-hydrogen) atoms. The zero-order valence-electron chi connectivity index (χ0n) is 18.9. The van der Waals surface area contributed by atoms with Crippen LogP contribution in [0.1, 0.15) is 38.8 Å². The maximum atomic E-state index is 6.29. The maximum absolute atomic E-state index is 6.29. The third-order valence-corrected chi connectivity index (χ3v) is 6.16. The van der Waals surface area contributed by atoms with Gasteiger partial charge < -0.3 is 9.47 Å². The molecule has 0 spiro atoms. The van der Waals surface area contributed by atoms with Crippen LogP contribution in [0.2, 0.25) is 0 Å². The van der Waals surface area contributed by atoms with Crippen LogP contribution in [0.25, 0.3) is 0 Å². The number of pyridine rings is 2. The van der Waals surface area contributed by atoms with E-state index in [1.807, 2.05) is 24.5 Å². The molecule has 2 aromatic heterocycles. The van der Waals surface area contributed by atoms with Gasteiger partial charge in [0.25, 0.3) is 0 Å². The van der Waals surface area contributed by atoms with Crippen molar-refractivity contribution < 1.29 is 9.47 Å². The molecule has 2 atom stereocenters. The molecule has 2 aliphatic heterocycles. The average Bonchev–Trinajstić information content (AvgIpc) is 3.46. The summed E-state index contributed by atoms with van der Waals surface area (Å²) in [5.41, 5.74) is 1.58. The molecule has 4 heterocycles. The van der Waals surface area contributed by atoms with Gasteiger partial charge in [-0.3, -0.25) is 9.97 Å². The van der Waals surface area contributed by atoms with Gasteiger partial charge in [-0.25, -0.2) is 9.98 Å². The van der Waals surface area contributed by atoms with Crippen LogP contribution in [-0.4, -0.2) is 47.1 Å². The van der Waals surface area contributed by atoms with Gasteiger partial charge in [-0.2, -0.15) is 0 Å². The van der Waals surface area contributed by atoms with Gasteiger partial charge in [0.1, 0.15) is 18.6 Å². The van der Waals surface area contributed by atoms with Gasteiger partial charge in [0.2, 0.25) is 0 Å². The third kappa shape index (κ3) is 4.63. The molecule has 0 unspecified atom stereocenters. The lowest BCUT2D eigenvalue weighted by Crippen LogP contribution is -2.44. The van der Waals surface area contributed by atoms with Crippen LogP contribution in [0, 0.1) is 17.3 Å². The molecule has 0 radical (unpaired) electrons. The second-order valence-corrected chi connectivity index (χ2v) is 9.27. The first-order chi connectivity index (χ1) is 15.0. The summed E-state index contributed by atoms with van der Waals surface area (Å²) in [6.07, 6.45) is 8.71. The fraction of sp³-hybridized carbons (Fsp3) is 0.520. The minimum absolute atomic E-state index is 0.139. The van der Waals surface area contributed by atoms with Crippen molar-refractivity contribution in [1.82, 2.24) is 9.97 Å². The highest BCUT2D eigenvalue weighted by atomic mass is 16.5. The van der Waals surface area contributed by atoms with Crippen LogP contribution in [-0.2, 0) is 22.3 Å². The number of nitrogens with zero attached hydrogens (tertiary/aromatic N) is 4. The normalized spacial score (nSPS) is 21.1. The molecular formula is C25H32N4O2. The molecule has 6 heteroatoms. The molecule has 0 amide bonds. The Morgan fingerprint density at radius 3 is 1.58 bits per heavy atom. The standard InChI is InChI=1S/C25H32N4O2/c1-17(2)21-15-30-23(28-21)25(11-19-7-5-9-26-13-19,12-20-8-6-10-27-14-20)24-29-22(16-31-24)18(3)4/h5-10,13-14,17-18,21-22H,11-12,15-16H2,1-4H3/t21-,22-/m1/s1. The first kappa shape index (κ1) is 21.5. The fourth-order valence-corrected chi connectivity index (χ4v) is 4.14. The number of rotatable bonds is 8. The molecule has 0 fully saturated rings. The van der Waals surface area contributed by atoms with E-state index >= 15 is 0 Å². The number of ether oxygens (including phenoxy) is 2. The molecule has 0 N–H and O–H groups in total. The van der Waals surface area contributed by atoms with E-state index in [-0.39, 0.29) is 12.1 Å². The topological polar surface area (TPSA) is 69.0 Å². The van der Waals surface area contributed by atoms with E-state index in [1.165, 1.54) is 0 Å². The lowest BCUT2D eigenvalue weighted by Gasteiger charge is -2.32. The molecule has 0 aliphatic carbocycles. The Balaban J connectivity index is 1.83. The van der Waals surface area contributed by atoms with Crippen LogP contribution < -0.4 is 0 Å². The molecule has 0 bridgehead atoms. The summed E-state index contributed by atoms with van der Waals surface area (Å²) in [6, 6.07) is 8.39. The molecule has 0 aromatic carbocycles. The fourth-order valence-electron chi connectivity index (χ4n) is 4.14. The Kier molecular flexibility index (Phi) is 6.35. The monoisotopic (exact) mass is 420 g/mol. The van der Waals surface area contributed by atoms with Gasteiger partial charge in [0.05, 0.1) is 12.1 Å². The minimum Gasteiger partial charge on any atom is -0.478 e. The first-order valence-corrected chi connectivity index (χ1v) is 11.2. The van der Waals surface area contributed by atoms with Crippen LogP contribution in [0.15, 0.2) is 59.0 Å². The Hall–Kier alpha value is -2.76. The quantitative estimate of drug-likeness (QED) is 0.643.